The van der Waals surface area contributed by atoms with Crippen molar-refractivity contribution >= 4 is 5.97 Å². The summed E-state index contributed by atoms with van der Waals surface area (Å²) in [6.07, 6.45) is 1.33. The van der Waals surface area contributed by atoms with Crippen molar-refractivity contribution in [1.82, 2.24) is 0 Å². The summed E-state index contributed by atoms with van der Waals surface area (Å²) in [5.41, 5.74) is 0.880. The number of aliphatic hydroxyl groups is 1. The van der Waals surface area contributed by atoms with Gasteiger partial charge in [0.25, 0.3) is 0 Å². The summed E-state index contributed by atoms with van der Waals surface area (Å²) in [5.74, 6) is -0.897. The minimum absolute atomic E-state index is 0.0956. The van der Waals surface area contributed by atoms with E-state index in [0.29, 0.717) is 19.3 Å². The Balaban J connectivity index is 2.24. The van der Waals surface area contributed by atoms with Crippen molar-refractivity contribution in [2.24, 2.45) is 5.92 Å². The molecular formula is C14H17FO3. The fourth-order valence-electron chi connectivity index (χ4n) is 2.66. The van der Waals surface area contributed by atoms with E-state index in [1.54, 1.807) is 12.1 Å². The van der Waals surface area contributed by atoms with Crippen LogP contribution in [-0.4, -0.2) is 24.3 Å². The number of hydrogen-bond donors (Lipinski definition) is 1. The number of ether oxygens (including phenoxy) is 1. The maximum atomic E-state index is 12.9. The SMILES string of the molecule is COC(=O)[C@@H]1CC[C@H](O)C[C@H]1c1ccc(F)cc1. The van der Waals surface area contributed by atoms with E-state index in [9.17, 15) is 14.3 Å². The van der Waals surface area contributed by atoms with Crippen molar-refractivity contribution in [3.8, 4) is 0 Å². The highest BCUT2D eigenvalue weighted by molar-refractivity contribution is 5.73. The predicted molar refractivity (Wildman–Crippen MR) is 64.5 cm³/mol. The van der Waals surface area contributed by atoms with Crippen molar-refractivity contribution < 1.29 is 19.0 Å². The highest BCUT2D eigenvalue weighted by Crippen LogP contribution is 2.38. The number of benzene rings is 1. The van der Waals surface area contributed by atoms with Gasteiger partial charge in [0.1, 0.15) is 5.82 Å². The first-order chi connectivity index (χ1) is 8.61. The molecule has 0 aromatic heterocycles. The molecule has 18 heavy (non-hydrogen) atoms. The number of carbonyl (C=O) groups is 1. The number of hydrogen-bond acceptors (Lipinski definition) is 3. The number of rotatable bonds is 2. The van der Waals surface area contributed by atoms with E-state index < -0.39 is 6.10 Å². The summed E-state index contributed by atoms with van der Waals surface area (Å²) >= 11 is 0. The second kappa shape index (κ2) is 5.48. The zero-order chi connectivity index (χ0) is 13.1. The lowest BCUT2D eigenvalue weighted by Crippen LogP contribution is -2.32. The monoisotopic (exact) mass is 252 g/mol. The van der Waals surface area contributed by atoms with E-state index in [0.717, 1.165) is 5.56 Å². The van der Waals surface area contributed by atoms with E-state index in [2.05, 4.69) is 0 Å². The van der Waals surface area contributed by atoms with Crippen molar-refractivity contribution in [3.05, 3.63) is 35.6 Å². The first kappa shape index (κ1) is 13.0. The smallest absolute Gasteiger partial charge is 0.309 e. The average molecular weight is 252 g/mol. The van der Waals surface area contributed by atoms with Gasteiger partial charge in [-0.3, -0.25) is 4.79 Å². The number of esters is 1. The summed E-state index contributed by atoms with van der Waals surface area (Å²) in [4.78, 5) is 11.7. The van der Waals surface area contributed by atoms with Crippen molar-refractivity contribution in [1.29, 1.82) is 0 Å². The Morgan fingerprint density at radius 3 is 2.61 bits per heavy atom. The summed E-state index contributed by atoms with van der Waals surface area (Å²) in [6, 6.07) is 6.11. The molecule has 3 nitrogen and oxygen atoms in total. The van der Waals surface area contributed by atoms with Crippen molar-refractivity contribution in [2.75, 3.05) is 7.11 Å². The molecule has 0 radical (unpaired) electrons. The molecule has 3 atom stereocenters. The van der Waals surface area contributed by atoms with Gasteiger partial charge >= 0.3 is 5.97 Å². The Morgan fingerprint density at radius 1 is 1.33 bits per heavy atom. The second-order valence-electron chi connectivity index (χ2n) is 4.75. The van der Waals surface area contributed by atoms with Gasteiger partial charge in [0.05, 0.1) is 19.1 Å². The molecule has 1 aliphatic rings. The Labute approximate surface area is 106 Å². The van der Waals surface area contributed by atoms with Crippen LogP contribution in [0.1, 0.15) is 30.7 Å². The number of methoxy groups -OCH3 is 1. The van der Waals surface area contributed by atoms with Crippen molar-refractivity contribution in [2.45, 2.75) is 31.3 Å². The van der Waals surface area contributed by atoms with Crippen LogP contribution >= 0.6 is 0 Å². The number of carbonyl (C=O) groups excluding carboxylic acids is 1. The zero-order valence-electron chi connectivity index (χ0n) is 10.3. The van der Waals surface area contributed by atoms with Crippen LogP contribution in [0.3, 0.4) is 0 Å². The van der Waals surface area contributed by atoms with Gasteiger partial charge in [-0.15, -0.1) is 0 Å². The fraction of sp³-hybridized carbons (Fsp3) is 0.500. The minimum atomic E-state index is -0.402. The molecule has 1 saturated carbocycles. The largest absolute Gasteiger partial charge is 0.469 e. The standard InChI is InChI=1S/C14H17FO3/c1-18-14(17)12-7-6-11(16)8-13(12)9-2-4-10(15)5-3-9/h2-5,11-13,16H,6-8H2,1H3/t11-,12+,13-/m0/s1. The number of aliphatic hydroxyl groups excluding tert-OH is 1. The van der Waals surface area contributed by atoms with Gasteiger partial charge in [-0.1, -0.05) is 12.1 Å². The molecule has 0 bridgehead atoms. The molecule has 0 aliphatic heterocycles. The Morgan fingerprint density at radius 2 is 2.00 bits per heavy atom. The van der Waals surface area contributed by atoms with Crippen LogP contribution in [0.4, 0.5) is 4.39 Å². The molecule has 1 aromatic rings. The molecule has 1 aliphatic carbocycles. The quantitative estimate of drug-likeness (QED) is 0.821. The lowest BCUT2D eigenvalue weighted by molar-refractivity contribution is -0.148. The topological polar surface area (TPSA) is 46.5 Å². The lowest BCUT2D eigenvalue weighted by atomic mass is 9.74. The van der Waals surface area contributed by atoms with Gasteiger partial charge in [-0.05, 0) is 42.9 Å². The van der Waals surface area contributed by atoms with Gasteiger partial charge in [-0.2, -0.15) is 0 Å². The van der Waals surface area contributed by atoms with Crippen molar-refractivity contribution in [3.63, 3.8) is 0 Å². The Hall–Kier alpha value is -1.42. The molecule has 4 heteroatoms. The zero-order valence-corrected chi connectivity index (χ0v) is 10.3. The van der Waals surface area contributed by atoms with Gasteiger partial charge in [-0.25, -0.2) is 4.39 Å². The van der Waals surface area contributed by atoms with Gasteiger partial charge in [0.2, 0.25) is 0 Å². The minimum Gasteiger partial charge on any atom is -0.469 e. The third-order valence-corrected chi connectivity index (χ3v) is 3.62. The van der Waals surface area contributed by atoms with Crippen LogP contribution in [-0.2, 0) is 9.53 Å². The van der Waals surface area contributed by atoms with Crippen LogP contribution in [0.2, 0.25) is 0 Å². The molecule has 0 saturated heterocycles. The number of halogens is 1. The summed E-state index contributed by atoms with van der Waals surface area (Å²) < 4.78 is 17.7. The molecular weight excluding hydrogens is 235 g/mol. The third kappa shape index (κ3) is 2.70. The van der Waals surface area contributed by atoms with E-state index in [-0.39, 0.29) is 23.6 Å². The molecule has 1 fully saturated rings. The molecule has 2 rings (SSSR count). The maximum Gasteiger partial charge on any atom is 0.309 e. The average Bonchev–Trinajstić information content (AvgIpc) is 2.38. The van der Waals surface area contributed by atoms with Gasteiger partial charge in [0.15, 0.2) is 0 Å². The lowest BCUT2D eigenvalue weighted by Gasteiger charge is -2.32. The molecule has 98 valence electrons. The molecule has 1 aromatic carbocycles. The normalized spacial score (nSPS) is 27.8. The maximum absolute atomic E-state index is 12.9. The molecule has 1 N–H and O–H groups in total. The summed E-state index contributed by atoms with van der Waals surface area (Å²) in [5, 5.41) is 9.74. The highest BCUT2D eigenvalue weighted by atomic mass is 19.1. The predicted octanol–water partition coefficient (Wildman–Crippen LogP) is 2.24. The second-order valence-corrected chi connectivity index (χ2v) is 4.75. The van der Waals surface area contributed by atoms with Crippen LogP contribution in [0.5, 0.6) is 0 Å². The summed E-state index contributed by atoms with van der Waals surface area (Å²) in [6.45, 7) is 0. The van der Waals surface area contributed by atoms with E-state index in [1.807, 2.05) is 0 Å². The molecule has 0 amide bonds. The third-order valence-electron chi connectivity index (χ3n) is 3.62. The van der Waals surface area contributed by atoms with E-state index >= 15 is 0 Å². The van der Waals surface area contributed by atoms with Gasteiger partial charge < -0.3 is 9.84 Å². The Bertz CT molecular complexity index is 416. The molecule has 0 spiro atoms. The first-order valence-electron chi connectivity index (χ1n) is 6.13. The Kier molecular flexibility index (Phi) is 3.97. The van der Waals surface area contributed by atoms with Gasteiger partial charge in [0, 0.05) is 0 Å². The highest BCUT2D eigenvalue weighted by Gasteiger charge is 2.35. The first-order valence-corrected chi connectivity index (χ1v) is 6.13. The van der Waals surface area contributed by atoms with Crippen LogP contribution in [0.25, 0.3) is 0 Å². The van der Waals surface area contributed by atoms with E-state index in [4.69, 9.17) is 4.74 Å². The summed E-state index contributed by atoms with van der Waals surface area (Å²) in [7, 11) is 1.37. The van der Waals surface area contributed by atoms with Crippen LogP contribution in [0, 0.1) is 11.7 Å². The molecule has 0 heterocycles. The molecule has 0 unspecified atom stereocenters. The fourth-order valence-corrected chi connectivity index (χ4v) is 2.66. The van der Waals surface area contributed by atoms with E-state index in [1.165, 1.54) is 19.2 Å². The van der Waals surface area contributed by atoms with Crippen LogP contribution in [0.15, 0.2) is 24.3 Å². The van der Waals surface area contributed by atoms with Crippen LogP contribution < -0.4 is 0 Å².